The van der Waals surface area contributed by atoms with Gasteiger partial charge in [0.2, 0.25) is 15.9 Å². The first-order chi connectivity index (χ1) is 13.7. The molecule has 0 radical (unpaired) electrons. The van der Waals surface area contributed by atoms with Gasteiger partial charge in [0.05, 0.1) is 16.3 Å². The van der Waals surface area contributed by atoms with E-state index in [9.17, 15) is 13.2 Å². The molecule has 3 aromatic rings. The van der Waals surface area contributed by atoms with Crippen LogP contribution in [0.5, 0.6) is 0 Å². The molecule has 2 aromatic carbocycles. The van der Waals surface area contributed by atoms with Crippen LogP contribution in [-0.4, -0.2) is 29.6 Å². The van der Waals surface area contributed by atoms with E-state index in [2.05, 4.69) is 28.5 Å². The Bertz CT molecular complexity index is 1140. The minimum absolute atomic E-state index is 0.0224. The summed E-state index contributed by atoms with van der Waals surface area (Å²) in [5, 5.41) is 8.65. The number of carbonyl (C=O) groups is 1. The molecule has 9 heteroatoms. The van der Waals surface area contributed by atoms with Gasteiger partial charge in [-0.25, -0.2) is 18.5 Å². The number of carbonyl (C=O) groups excluding carboxylic acids is 1. The molecule has 29 heavy (non-hydrogen) atoms. The van der Waals surface area contributed by atoms with Crippen LogP contribution in [0, 0.1) is 13.8 Å². The van der Waals surface area contributed by atoms with Crippen LogP contribution in [0.2, 0.25) is 0 Å². The summed E-state index contributed by atoms with van der Waals surface area (Å²) in [5.41, 5.74) is 3.96. The second kappa shape index (κ2) is 8.81. The SMILES string of the molecule is Cc1ccc(C)c(-n2ccnc2SCC(=O)NCc2cccc(S(N)(=O)=O)c2)c1. The van der Waals surface area contributed by atoms with Gasteiger partial charge in [0, 0.05) is 18.9 Å². The van der Waals surface area contributed by atoms with Gasteiger partial charge in [0.15, 0.2) is 5.16 Å². The Kier molecular flexibility index (Phi) is 6.41. The Morgan fingerprint density at radius 3 is 2.76 bits per heavy atom. The van der Waals surface area contributed by atoms with E-state index in [1.54, 1.807) is 18.3 Å². The number of nitrogens with one attached hydrogen (secondary N) is 1. The Hall–Kier alpha value is -2.62. The number of primary sulfonamides is 1. The molecule has 3 rings (SSSR count). The molecule has 0 spiro atoms. The molecule has 1 heterocycles. The lowest BCUT2D eigenvalue weighted by Crippen LogP contribution is -2.25. The van der Waals surface area contributed by atoms with Gasteiger partial charge < -0.3 is 5.32 Å². The maximum absolute atomic E-state index is 12.3. The van der Waals surface area contributed by atoms with Gasteiger partial charge in [-0.1, -0.05) is 36.0 Å². The van der Waals surface area contributed by atoms with E-state index in [1.807, 2.05) is 24.6 Å². The summed E-state index contributed by atoms with van der Waals surface area (Å²) in [6.45, 7) is 4.28. The van der Waals surface area contributed by atoms with Gasteiger partial charge >= 0.3 is 0 Å². The molecule has 3 N–H and O–H groups in total. The van der Waals surface area contributed by atoms with Crippen LogP contribution in [0.25, 0.3) is 5.69 Å². The Morgan fingerprint density at radius 1 is 1.21 bits per heavy atom. The van der Waals surface area contributed by atoms with Gasteiger partial charge in [-0.2, -0.15) is 0 Å². The molecule has 0 fully saturated rings. The van der Waals surface area contributed by atoms with Crippen molar-refractivity contribution in [3.8, 4) is 5.69 Å². The number of aryl methyl sites for hydroxylation is 2. The molecule has 7 nitrogen and oxygen atoms in total. The van der Waals surface area contributed by atoms with E-state index in [0.717, 1.165) is 22.0 Å². The quantitative estimate of drug-likeness (QED) is 0.560. The fourth-order valence-corrected chi connectivity index (χ4v) is 4.15. The monoisotopic (exact) mass is 430 g/mol. The molecule has 0 saturated carbocycles. The zero-order valence-electron chi connectivity index (χ0n) is 16.1. The zero-order valence-corrected chi connectivity index (χ0v) is 17.8. The minimum atomic E-state index is -3.77. The van der Waals surface area contributed by atoms with Gasteiger partial charge in [-0.05, 0) is 48.7 Å². The molecule has 152 valence electrons. The van der Waals surface area contributed by atoms with Crippen LogP contribution in [0.15, 0.2) is 64.9 Å². The average molecular weight is 431 g/mol. The number of amides is 1. The largest absolute Gasteiger partial charge is 0.351 e. The number of hydrogen-bond acceptors (Lipinski definition) is 5. The molecule has 1 amide bonds. The van der Waals surface area contributed by atoms with E-state index < -0.39 is 10.0 Å². The lowest BCUT2D eigenvalue weighted by molar-refractivity contribution is -0.118. The number of aromatic nitrogens is 2. The third-order valence-electron chi connectivity index (χ3n) is 4.28. The highest BCUT2D eigenvalue weighted by Gasteiger charge is 2.12. The van der Waals surface area contributed by atoms with Crippen molar-refractivity contribution in [3.63, 3.8) is 0 Å². The highest BCUT2D eigenvalue weighted by molar-refractivity contribution is 7.99. The number of nitrogens with two attached hydrogens (primary N) is 1. The number of nitrogens with zero attached hydrogens (tertiary/aromatic N) is 2. The number of rotatable bonds is 7. The van der Waals surface area contributed by atoms with E-state index in [-0.39, 0.29) is 23.1 Å². The summed E-state index contributed by atoms with van der Waals surface area (Å²) in [5.74, 6) is 0.0167. The molecular formula is C20H22N4O3S2. The normalized spacial score (nSPS) is 11.4. The van der Waals surface area contributed by atoms with Crippen LogP contribution >= 0.6 is 11.8 Å². The van der Waals surface area contributed by atoms with Crippen molar-refractivity contribution in [1.82, 2.24) is 14.9 Å². The third kappa shape index (κ3) is 5.47. The Morgan fingerprint density at radius 2 is 2.00 bits per heavy atom. The van der Waals surface area contributed by atoms with E-state index in [4.69, 9.17) is 5.14 Å². The summed E-state index contributed by atoms with van der Waals surface area (Å²) in [6, 6.07) is 12.4. The topological polar surface area (TPSA) is 107 Å². The Balaban J connectivity index is 1.61. The highest BCUT2D eigenvalue weighted by atomic mass is 32.2. The summed E-state index contributed by atoms with van der Waals surface area (Å²) >= 11 is 1.34. The van der Waals surface area contributed by atoms with Crippen molar-refractivity contribution in [2.24, 2.45) is 5.14 Å². The smallest absolute Gasteiger partial charge is 0.238 e. The van der Waals surface area contributed by atoms with Crippen LogP contribution in [0.4, 0.5) is 0 Å². The van der Waals surface area contributed by atoms with Crippen molar-refractivity contribution < 1.29 is 13.2 Å². The predicted molar refractivity (Wildman–Crippen MR) is 113 cm³/mol. The van der Waals surface area contributed by atoms with Crippen molar-refractivity contribution in [1.29, 1.82) is 0 Å². The minimum Gasteiger partial charge on any atom is -0.351 e. The van der Waals surface area contributed by atoms with Crippen molar-refractivity contribution >= 4 is 27.7 Å². The highest BCUT2D eigenvalue weighted by Crippen LogP contribution is 2.23. The molecule has 1 aromatic heterocycles. The van der Waals surface area contributed by atoms with Crippen LogP contribution < -0.4 is 10.5 Å². The Labute approximate surface area is 174 Å². The van der Waals surface area contributed by atoms with Crippen molar-refractivity contribution in [3.05, 3.63) is 71.5 Å². The predicted octanol–water partition coefficient (Wildman–Crippen LogP) is 2.55. The van der Waals surface area contributed by atoms with Crippen LogP contribution in [0.1, 0.15) is 16.7 Å². The standard InChI is InChI=1S/C20H22N4O3S2/c1-14-6-7-15(2)18(10-14)24-9-8-22-20(24)28-13-19(25)23-12-16-4-3-5-17(11-16)29(21,26)27/h3-11H,12-13H2,1-2H3,(H,23,25)(H2,21,26,27). The van der Waals surface area contributed by atoms with Gasteiger partial charge in [0.1, 0.15) is 0 Å². The fraction of sp³-hybridized carbons (Fsp3) is 0.200. The average Bonchev–Trinajstić information content (AvgIpc) is 3.14. The first kappa shape index (κ1) is 21.1. The summed E-state index contributed by atoms with van der Waals surface area (Å²) in [7, 11) is -3.77. The third-order valence-corrected chi connectivity index (χ3v) is 6.16. The second-order valence-corrected chi connectivity index (χ2v) is 9.13. The molecule has 0 aliphatic heterocycles. The van der Waals surface area contributed by atoms with Gasteiger partial charge in [0.25, 0.3) is 0 Å². The van der Waals surface area contributed by atoms with E-state index >= 15 is 0 Å². The lowest BCUT2D eigenvalue weighted by atomic mass is 10.1. The van der Waals surface area contributed by atoms with E-state index in [1.165, 1.54) is 23.9 Å². The summed E-state index contributed by atoms with van der Waals surface area (Å²) in [4.78, 5) is 16.6. The van der Waals surface area contributed by atoms with Crippen LogP contribution in [-0.2, 0) is 21.4 Å². The summed E-state index contributed by atoms with van der Waals surface area (Å²) < 4.78 is 24.8. The fourth-order valence-electron chi connectivity index (χ4n) is 2.77. The molecule has 0 saturated heterocycles. The first-order valence-corrected chi connectivity index (χ1v) is 11.4. The van der Waals surface area contributed by atoms with Crippen molar-refractivity contribution in [2.45, 2.75) is 30.4 Å². The maximum atomic E-state index is 12.3. The molecular weight excluding hydrogens is 408 g/mol. The molecule has 0 bridgehead atoms. The first-order valence-electron chi connectivity index (χ1n) is 8.86. The van der Waals surface area contributed by atoms with Crippen molar-refractivity contribution in [2.75, 3.05) is 5.75 Å². The number of thioether (sulfide) groups is 1. The number of benzene rings is 2. The van der Waals surface area contributed by atoms with E-state index in [0.29, 0.717) is 5.56 Å². The number of hydrogen-bond donors (Lipinski definition) is 2. The van der Waals surface area contributed by atoms with Gasteiger partial charge in [-0.15, -0.1) is 0 Å². The lowest BCUT2D eigenvalue weighted by Gasteiger charge is -2.11. The summed E-state index contributed by atoms with van der Waals surface area (Å²) in [6.07, 6.45) is 3.58. The molecule has 0 aliphatic carbocycles. The number of imidazole rings is 1. The van der Waals surface area contributed by atoms with Crippen LogP contribution in [0.3, 0.4) is 0 Å². The molecule has 0 aliphatic rings. The molecule has 0 unspecified atom stereocenters. The number of sulfonamides is 1. The van der Waals surface area contributed by atoms with Gasteiger partial charge in [-0.3, -0.25) is 9.36 Å². The zero-order chi connectivity index (χ0) is 21.0. The molecule has 0 atom stereocenters. The second-order valence-electron chi connectivity index (χ2n) is 6.63. The maximum Gasteiger partial charge on any atom is 0.238 e.